The average molecular weight is 200 g/mol. The number of rotatable bonds is 1. The Bertz CT molecular complexity index is 201. The highest BCUT2D eigenvalue weighted by Crippen LogP contribution is 2.28. The minimum atomic E-state index is -1.38. The maximum atomic E-state index is 5.79. The van der Waals surface area contributed by atoms with Crippen LogP contribution >= 0.6 is 0 Å². The molecule has 0 amide bonds. The molecule has 1 nitrogen and oxygen atoms in total. The van der Waals surface area contributed by atoms with Crippen molar-refractivity contribution in [2.75, 3.05) is 6.61 Å². The van der Waals surface area contributed by atoms with Gasteiger partial charge in [0.2, 0.25) is 8.32 Å². The number of hydrogen-bond acceptors (Lipinski definition) is 1. The summed E-state index contributed by atoms with van der Waals surface area (Å²) in [6.45, 7) is 12.8. The van der Waals surface area contributed by atoms with Crippen LogP contribution in [-0.2, 0) is 4.43 Å². The summed E-state index contributed by atoms with van der Waals surface area (Å²) in [5.74, 6) is 0. The zero-order valence-electron chi connectivity index (χ0n) is 8.90. The molecule has 0 atom stereocenters. The first-order valence-corrected chi connectivity index (χ1v) is 11.2. The average Bonchev–Trinajstić information content (AvgIpc) is 2.07. The maximum Gasteiger partial charge on any atom is 0.213 e. The molecule has 0 spiro atoms. The fraction of sp³-hybridized carbons (Fsp3) is 0.778. The molecule has 1 fully saturated rings. The normalized spacial score (nSPS) is 26.6. The van der Waals surface area contributed by atoms with Gasteiger partial charge in [0.05, 0.1) is 8.07 Å². The van der Waals surface area contributed by atoms with E-state index in [-0.39, 0.29) is 0 Å². The van der Waals surface area contributed by atoms with E-state index in [4.69, 9.17) is 4.43 Å². The van der Waals surface area contributed by atoms with Gasteiger partial charge in [-0.3, -0.25) is 0 Å². The van der Waals surface area contributed by atoms with E-state index in [2.05, 4.69) is 38.4 Å². The number of hydrogen-bond donors (Lipinski definition) is 0. The van der Waals surface area contributed by atoms with Crippen LogP contribution in [0.5, 0.6) is 0 Å². The molecular weight excluding hydrogens is 180 g/mol. The molecule has 12 heavy (non-hydrogen) atoms. The third kappa shape index (κ3) is 2.57. The van der Waals surface area contributed by atoms with Gasteiger partial charge in [-0.25, -0.2) is 0 Å². The lowest BCUT2D eigenvalue weighted by atomic mass is 10.4. The molecule has 0 aromatic carbocycles. The molecule has 0 saturated carbocycles. The Morgan fingerprint density at radius 1 is 1.33 bits per heavy atom. The third-order valence-electron chi connectivity index (χ3n) is 2.21. The van der Waals surface area contributed by atoms with Crippen molar-refractivity contribution in [2.24, 2.45) is 0 Å². The lowest BCUT2D eigenvalue weighted by Crippen LogP contribution is -2.29. The fourth-order valence-electron chi connectivity index (χ4n) is 1.58. The van der Waals surface area contributed by atoms with Crippen molar-refractivity contribution in [3.05, 3.63) is 10.9 Å². The van der Waals surface area contributed by atoms with E-state index in [0.717, 1.165) is 6.61 Å². The monoisotopic (exact) mass is 200 g/mol. The van der Waals surface area contributed by atoms with E-state index < -0.39 is 16.4 Å². The summed E-state index contributed by atoms with van der Waals surface area (Å²) in [5.41, 5.74) is 2.55. The quantitative estimate of drug-likeness (QED) is 0.591. The molecule has 1 heterocycles. The SMILES string of the molecule is C[Si](C)(C)/C=C1/CCO[Si]1(C)C. The molecule has 1 aliphatic rings. The highest BCUT2D eigenvalue weighted by molar-refractivity contribution is 6.86. The molecule has 0 unspecified atom stereocenters. The summed E-state index contributed by atoms with van der Waals surface area (Å²) in [4.78, 5) is 0. The van der Waals surface area contributed by atoms with Gasteiger partial charge in [0.25, 0.3) is 0 Å². The van der Waals surface area contributed by atoms with Crippen LogP contribution in [0.25, 0.3) is 0 Å². The summed E-state index contributed by atoms with van der Waals surface area (Å²) in [7, 11) is -2.40. The van der Waals surface area contributed by atoms with Crippen LogP contribution in [0.15, 0.2) is 10.9 Å². The van der Waals surface area contributed by atoms with Crippen molar-refractivity contribution in [3.63, 3.8) is 0 Å². The zero-order chi connectivity index (χ0) is 9.41. The van der Waals surface area contributed by atoms with E-state index in [1.807, 2.05) is 0 Å². The van der Waals surface area contributed by atoms with Gasteiger partial charge < -0.3 is 4.43 Å². The van der Waals surface area contributed by atoms with Gasteiger partial charge in [-0.1, -0.05) is 30.5 Å². The highest BCUT2D eigenvalue weighted by Gasteiger charge is 2.33. The van der Waals surface area contributed by atoms with E-state index in [9.17, 15) is 0 Å². The Kier molecular flexibility index (Phi) is 2.66. The second-order valence-corrected chi connectivity index (χ2v) is 14.1. The summed E-state index contributed by atoms with van der Waals surface area (Å²) in [6, 6.07) is 0. The van der Waals surface area contributed by atoms with Crippen LogP contribution in [0.2, 0.25) is 32.7 Å². The Balaban J connectivity index is 2.82. The summed E-state index contributed by atoms with van der Waals surface area (Å²) in [5, 5.41) is 1.65. The molecule has 1 aliphatic heterocycles. The minimum absolute atomic E-state index is 0.968. The lowest BCUT2D eigenvalue weighted by Gasteiger charge is -2.19. The van der Waals surface area contributed by atoms with Crippen LogP contribution < -0.4 is 0 Å². The second-order valence-electron chi connectivity index (χ2n) is 5.14. The predicted molar refractivity (Wildman–Crippen MR) is 59.5 cm³/mol. The van der Waals surface area contributed by atoms with Gasteiger partial charge in [-0.2, -0.15) is 0 Å². The minimum Gasteiger partial charge on any atom is -0.413 e. The van der Waals surface area contributed by atoms with Crippen molar-refractivity contribution in [1.82, 2.24) is 0 Å². The Labute approximate surface area is 78.0 Å². The Hall–Kier alpha value is 0.134. The van der Waals surface area contributed by atoms with E-state index >= 15 is 0 Å². The molecule has 0 aromatic rings. The smallest absolute Gasteiger partial charge is 0.213 e. The zero-order valence-corrected chi connectivity index (χ0v) is 10.9. The maximum absolute atomic E-state index is 5.79. The van der Waals surface area contributed by atoms with Crippen LogP contribution in [-0.4, -0.2) is 23.0 Å². The Morgan fingerprint density at radius 3 is 2.25 bits per heavy atom. The van der Waals surface area contributed by atoms with Gasteiger partial charge in [0.15, 0.2) is 0 Å². The standard InChI is InChI=1S/C9H20OSi2/c1-11(2,3)8-9-6-7-10-12(9,4)5/h8H,6-7H2,1-5H3/b9-8-. The Morgan fingerprint density at radius 2 is 1.92 bits per heavy atom. The fourth-order valence-corrected chi connectivity index (χ4v) is 6.96. The molecule has 1 rings (SSSR count). The summed E-state index contributed by atoms with van der Waals surface area (Å²) in [6.07, 6.45) is 1.20. The first-order valence-electron chi connectivity index (χ1n) is 4.67. The van der Waals surface area contributed by atoms with Crippen molar-refractivity contribution < 1.29 is 4.43 Å². The van der Waals surface area contributed by atoms with Crippen molar-refractivity contribution >= 4 is 16.4 Å². The van der Waals surface area contributed by atoms with E-state index in [0.29, 0.717) is 0 Å². The lowest BCUT2D eigenvalue weighted by molar-refractivity contribution is 0.350. The van der Waals surface area contributed by atoms with Crippen LogP contribution in [0.1, 0.15) is 6.42 Å². The molecule has 0 aliphatic carbocycles. The van der Waals surface area contributed by atoms with Gasteiger partial charge in [0.1, 0.15) is 0 Å². The van der Waals surface area contributed by atoms with Gasteiger partial charge in [-0.05, 0) is 19.5 Å². The first-order chi connectivity index (χ1) is 5.31. The topological polar surface area (TPSA) is 9.23 Å². The van der Waals surface area contributed by atoms with Gasteiger partial charge in [-0.15, -0.1) is 0 Å². The predicted octanol–water partition coefficient (Wildman–Crippen LogP) is 2.95. The van der Waals surface area contributed by atoms with Crippen LogP contribution in [0.3, 0.4) is 0 Å². The third-order valence-corrected chi connectivity index (χ3v) is 6.58. The molecular formula is C9H20OSi2. The van der Waals surface area contributed by atoms with Crippen LogP contribution in [0.4, 0.5) is 0 Å². The van der Waals surface area contributed by atoms with Crippen LogP contribution in [0, 0.1) is 0 Å². The largest absolute Gasteiger partial charge is 0.413 e. The molecule has 0 radical (unpaired) electrons. The molecule has 1 saturated heterocycles. The van der Waals surface area contributed by atoms with Gasteiger partial charge >= 0.3 is 0 Å². The van der Waals surface area contributed by atoms with E-state index in [1.54, 1.807) is 5.20 Å². The van der Waals surface area contributed by atoms with Crippen molar-refractivity contribution in [3.8, 4) is 0 Å². The van der Waals surface area contributed by atoms with E-state index in [1.165, 1.54) is 6.42 Å². The molecule has 0 N–H and O–H groups in total. The summed E-state index contributed by atoms with van der Waals surface area (Å²) >= 11 is 0. The second kappa shape index (κ2) is 3.12. The summed E-state index contributed by atoms with van der Waals surface area (Å²) < 4.78 is 5.79. The first kappa shape index (κ1) is 10.2. The molecule has 0 aromatic heterocycles. The van der Waals surface area contributed by atoms with Gasteiger partial charge in [0, 0.05) is 6.61 Å². The van der Waals surface area contributed by atoms with Crippen molar-refractivity contribution in [2.45, 2.75) is 39.2 Å². The molecule has 3 heteroatoms. The molecule has 0 bridgehead atoms. The van der Waals surface area contributed by atoms with Crippen molar-refractivity contribution in [1.29, 1.82) is 0 Å². The molecule has 70 valence electrons. The highest BCUT2D eigenvalue weighted by atomic mass is 28.4.